The van der Waals surface area contributed by atoms with Gasteiger partial charge in [-0.15, -0.1) is 0 Å². The lowest BCUT2D eigenvalue weighted by Crippen LogP contribution is -2.11. The second-order valence-corrected chi connectivity index (χ2v) is 3.07. The Hall–Kier alpha value is -1.64. The van der Waals surface area contributed by atoms with Crippen molar-refractivity contribution in [3.8, 4) is 5.75 Å². The van der Waals surface area contributed by atoms with Crippen LogP contribution in [0.15, 0.2) is 18.2 Å². The lowest BCUT2D eigenvalue weighted by atomic mass is 10.0. The highest BCUT2D eigenvalue weighted by molar-refractivity contribution is 6.43. The van der Waals surface area contributed by atoms with E-state index in [4.69, 9.17) is 4.74 Å². The Bertz CT molecular complexity index is 380. The molecule has 0 bridgehead atoms. The van der Waals surface area contributed by atoms with Crippen molar-refractivity contribution in [3.63, 3.8) is 0 Å². The monoisotopic (exact) mass is 192 g/mol. The maximum absolute atomic E-state index is 11.4. The van der Waals surface area contributed by atoms with E-state index < -0.39 is 11.6 Å². The van der Waals surface area contributed by atoms with E-state index in [2.05, 4.69) is 0 Å². The van der Waals surface area contributed by atoms with Gasteiger partial charge in [0.1, 0.15) is 5.75 Å². The highest BCUT2D eigenvalue weighted by Gasteiger charge is 2.14. The molecule has 0 N–H and O–H groups in total. The Labute approximate surface area is 82.7 Å². The molecule has 3 nitrogen and oxygen atoms in total. The number of Topliss-reactive ketones (excluding diaryl/α,β-unsaturated/α-hetero) is 2. The average Bonchev–Trinajstić information content (AvgIpc) is 2.17. The fourth-order valence-electron chi connectivity index (χ4n) is 1.16. The van der Waals surface area contributed by atoms with Crippen molar-refractivity contribution >= 4 is 11.6 Å². The average molecular weight is 192 g/mol. The predicted octanol–water partition coefficient (Wildman–Crippen LogP) is 1.78. The molecule has 1 rings (SSSR count). The Balaban J connectivity index is 3.19. The van der Waals surface area contributed by atoms with E-state index in [1.54, 1.807) is 25.1 Å². The van der Waals surface area contributed by atoms with Gasteiger partial charge >= 0.3 is 0 Å². The predicted molar refractivity (Wildman–Crippen MR) is 52.7 cm³/mol. The second kappa shape index (κ2) is 4.05. The third kappa shape index (κ3) is 1.99. The minimum atomic E-state index is -0.471. The van der Waals surface area contributed by atoms with Crippen LogP contribution in [0.5, 0.6) is 5.75 Å². The van der Waals surface area contributed by atoms with E-state index >= 15 is 0 Å². The molecule has 74 valence electrons. The molecule has 0 amide bonds. The lowest BCUT2D eigenvalue weighted by molar-refractivity contribution is -0.113. The van der Waals surface area contributed by atoms with Crippen LogP contribution >= 0.6 is 0 Å². The van der Waals surface area contributed by atoms with Gasteiger partial charge in [-0.05, 0) is 24.6 Å². The van der Waals surface area contributed by atoms with Gasteiger partial charge in [0.25, 0.3) is 0 Å². The van der Waals surface area contributed by atoms with Gasteiger partial charge in [-0.2, -0.15) is 0 Å². The summed E-state index contributed by atoms with van der Waals surface area (Å²) in [4.78, 5) is 22.3. The zero-order valence-electron chi connectivity index (χ0n) is 8.46. The third-order valence-corrected chi connectivity index (χ3v) is 2.01. The molecule has 0 atom stereocenters. The molecule has 0 radical (unpaired) electrons. The van der Waals surface area contributed by atoms with Crippen LogP contribution in [-0.2, 0) is 4.79 Å². The Morgan fingerprint density at radius 1 is 1.29 bits per heavy atom. The molecule has 0 spiro atoms. The molecule has 0 aliphatic carbocycles. The fourth-order valence-corrected chi connectivity index (χ4v) is 1.16. The molecule has 0 aliphatic heterocycles. The number of ketones is 2. The van der Waals surface area contributed by atoms with Crippen LogP contribution in [0.2, 0.25) is 0 Å². The van der Waals surface area contributed by atoms with Gasteiger partial charge in [-0.25, -0.2) is 0 Å². The summed E-state index contributed by atoms with van der Waals surface area (Å²) in [5.74, 6) is -0.344. The first kappa shape index (κ1) is 10.4. The highest BCUT2D eigenvalue weighted by Crippen LogP contribution is 2.17. The maximum Gasteiger partial charge on any atom is 0.228 e. The van der Waals surface area contributed by atoms with Gasteiger partial charge in [0.2, 0.25) is 5.78 Å². The topological polar surface area (TPSA) is 43.4 Å². The Morgan fingerprint density at radius 3 is 2.43 bits per heavy atom. The number of carbonyl (C=O) groups excluding carboxylic acids is 2. The molecular weight excluding hydrogens is 180 g/mol. The molecule has 0 heterocycles. The van der Waals surface area contributed by atoms with E-state index in [1.165, 1.54) is 14.0 Å². The van der Waals surface area contributed by atoms with E-state index in [1.807, 2.05) is 0 Å². The van der Waals surface area contributed by atoms with Crippen LogP contribution in [0.1, 0.15) is 22.8 Å². The molecular formula is C11H12O3. The summed E-state index contributed by atoms with van der Waals surface area (Å²) in [6, 6.07) is 5.10. The zero-order chi connectivity index (χ0) is 10.7. The number of rotatable bonds is 3. The van der Waals surface area contributed by atoms with Gasteiger partial charge in [0.05, 0.1) is 7.11 Å². The normalized spacial score (nSPS) is 9.64. The summed E-state index contributed by atoms with van der Waals surface area (Å²) in [6.45, 7) is 3.05. The van der Waals surface area contributed by atoms with Crippen LogP contribution in [-0.4, -0.2) is 18.7 Å². The fraction of sp³-hybridized carbons (Fsp3) is 0.273. The number of hydrogen-bond acceptors (Lipinski definition) is 3. The summed E-state index contributed by atoms with van der Waals surface area (Å²) >= 11 is 0. The number of hydrogen-bond donors (Lipinski definition) is 0. The van der Waals surface area contributed by atoms with Gasteiger partial charge < -0.3 is 4.74 Å². The molecule has 0 saturated heterocycles. The molecule has 0 aliphatic rings. The van der Waals surface area contributed by atoms with Crippen LogP contribution in [0.25, 0.3) is 0 Å². The zero-order valence-corrected chi connectivity index (χ0v) is 8.46. The number of ether oxygens (including phenoxy) is 1. The van der Waals surface area contributed by atoms with Crippen molar-refractivity contribution in [1.82, 2.24) is 0 Å². The third-order valence-electron chi connectivity index (χ3n) is 2.01. The minimum absolute atomic E-state index is 0.414. The van der Waals surface area contributed by atoms with E-state index in [-0.39, 0.29) is 0 Å². The first-order valence-electron chi connectivity index (χ1n) is 4.26. The highest BCUT2D eigenvalue weighted by atomic mass is 16.5. The van der Waals surface area contributed by atoms with Crippen molar-refractivity contribution in [1.29, 1.82) is 0 Å². The van der Waals surface area contributed by atoms with Gasteiger partial charge in [0, 0.05) is 12.5 Å². The Kier molecular flexibility index (Phi) is 3.02. The van der Waals surface area contributed by atoms with Crippen molar-refractivity contribution in [3.05, 3.63) is 29.3 Å². The van der Waals surface area contributed by atoms with Gasteiger partial charge in [-0.3, -0.25) is 9.59 Å². The van der Waals surface area contributed by atoms with E-state index in [0.717, 1.165) is 5.56 Å². The first-order chi connectivity index (χ1) is 6.56. The van der Waals surface area contributed by atoms with Crippen molar-refractivity contribution in [2.45, 2.75) is 13.8 Å². The smallest absolute Gasteiger partial charge is 0.228 e. The van der Waals surface area contributed by atoms with Gasteiger partial charge in [-0.1, -0.05) is 6.07 Å². The summed E-state index contributed by atoms with van der Waals surface area (Å²) in [6.07, 6.45) is 0. The van der Waals surface area contributed by atoms with E-state index in [9.17, 15) is 9.59 Å². The van der Waals surface area contributed by atoms with Crippen molar-refractivity contribution < 1.29 is 14.3 Å². The Morgan fingerprint density at radius 2 is 1.93 bits per heavy atom. The largest absolute Gasteiger partial charge is 0.497 e. The summed E-state index contributed by atoms with van der Waals surface area (Å²) in [5, 5.41) is 0. The van der Waals surface area contributed by atoms with Crippen LogP contribution in [0, 0.1) is 6.92 Å². The summed E-state index contributed by atoms with van der Waals surface area (Å²) in [7, 11) is 1.52. The molecule has 14 heavy (non-hydrogen) atoms. The summed E-state index contributed by atoms with van der Waals surface area (Å²) in [5.41, 5.74) is 1.20. The lowest BCUT2D eigenvalue weighted by Gasteiger charge is -2.05. The molecule has 0 saturated carbocycles. The van der Waals surface area contributed by atoms with Crippen LogP contribution in [0.4, 0.5) is 0 Å². The van der Waals surface area contributed by atoms with Gasteiger partial charge in [0.15, 0.2) is 5.78 Å². The number of methoxy groups -OCH3 is 1. The molecule has 1 aromatic rings. The summed E-state index contributed by atoms with van der Waals surface area (Å²) < 4.78 is 4.98. The molecule has 1 aromatic carbocycles. The van der Waals surface area contributed by atoms with E-state index in [0.29, 0.717) is 11.3 Å². The maximum atomic E-state index is 11.4. The van der Waals surface area contributed by atoms with Crippen molar-refractivity contribution in [2.75, 3.05) is 7.11 Å². The van der Waals surface area contributed by atoms with Crippen LogP contribution in [0.3, 0.4) is 0 Å². The second-order valence-electron chi connectivity index (χ2n) is 3.07. The standard InChI is InChI=1S/C11H12O3/c1-7-4-5-9(14-3)6-10(7)11(13)8(2)12/h4-6H,1-3H3. The molecule has 0 fully saturated rings. The number of aryl methyl sites for hydroxylation is 1. The number of carbonyl (C=O) groups is 2. The minimum Gasteiger partial charge on any atom is -0.497 e. The first-order valence-corrected chi connectivity index (χ1v) is 4.26. The quantitative estimate of drug-likeness (QED) is 0.541. The molecule has 3 heteroatoms. The SMILES string of the molecule is COc1ccc(C)c(C(=O)C(C)=O)c1. The molecule has 0 aromatic heterocycles. The molecule has 0 unspecified atom stereocenters. The van der Waals surface area contributed by atoms with Crippen molar-refractivity contribution in [2.24, 2.45) is 0 Å². The number of benzene rings is 1. The van der Waals surface area contributed by atoms with Crippen LogP contribution < -0.4 is 4.74 Å².